The smallest absolute Gasteiger partial charge is 0.0302 e. The zero-order valence-corrected chi connectivity index (χ0v) is 8.83. The van der Waals surface area contributed by atoms with E-state index in [0.717, 1.165) is 12.8 Å². The average molecular weight is 164 g/mol. The van der Waals surface area contributed by atoms with Crippen molar-refractivity contribution in [3.05, 3.63) is 35.5 Å². The minimum Gasteiger partial charge on any atom is -0.0958 e. The lowest BCUT2D eigenvalue weighted by atomic mass is 9.94. The Bertz CT molecular complexity index is 192. The molecule has 0 heteroatoms. The number of rotatable bonds is 4. The van der Waals surface area contributed by atoms with E-state index in [9.17, 15) is 0 Å². The molecule has 0 rings (SSSR count). The van der Waals surface area contributed by atoms with Crippen molar-refractivity contribution in [3.63, 3.8) is 0 Å². The summed E-state index contributed by atoms with van der Waals surface area (Å²) in [5.41, 5.74) is 5.12. The van der Waals surface area contributed by atoms with Crippen molar-refractivity contribution < 1.29 is 0 Å². The maximum atomic E-state index is 3.98. The van der Waals surface area contributed by atoms with E-state index in [1.165, 1.54) is 22.3 Å². The van der Waals surface area contributed by atoms with Crippen molar-refractivity contribution in [2.24, 2.45) is 0 Å². The molecule has 0 aromatic rings. The fourth-order valence-corrected chi connectivity index (χ4v) is 1.55. The van der Waals surface area contributed by atoms with Gasteiger partial charge in [-0.1, -0.05) is 38.2 Å². The summed E-state index contributed by atoms with van der Waals surface area (Å²) >= 11 is 0. The quantitative estimate of drug-likeness (QED) is 0.545. The topological polar surface area (TPSA) is 0 Å². The Morgan fingerprint density at radius 1 is 0.833 bits per heavy atom. The first-order valence-electron chi connectivity index (χ1n) is 4.58. The summed E-state index contributed by atoms with van der Waals surface area (Å²) in [7, 11) is 0. The maximum absolute atomic E-state index is 3.98. The van der Waals surface area contributed by atoms with Gasteiger partial charge in [0.15, 0.2) is 0 Å². The van der Waals surface area contributed by atoms with Gasteiger partial charge < -0.3 is 0 Å². The van der Waals surface area contributed by atoms with Crippen molar-refractivity contribution in [2.45, 2.75) is 40.5 Å². The van der Waals surface area contributed by atoms with Crippen LogP contribution in [0, 0.1) is 0 Å². The molecule has 0 aliphatic rings. The Morgan fingerprint density at radius 2 is 1.08 bits per heavy atom. The predicted molar refractivity (Wildman–Crippen MR) is 57.2 cm³/mol. The van der Waals surface area contributed by atoms with Gasteiger partial charge in [-0.2, -0.15) is 0 Å². The Morgan fingerprint density at radius 3 is 1.17 bits per heavy atom. The number of allylic oxidation sites excluding steroid dienone is 4. The summed E-state index contributed by atoms with van der Waals surface area (Å²) in [6, 6.07) is 0. The third-order valence-electron chi connectivity index (χ3n) is 2.10. The normalized spacial score (nSPS) is 12.3. The summed E-state index contributed by atoms with van der Waals surface area (Å²) in [5.74, 6) is 0. The Hall–Kier alpha value is -0.780. The van der Waals surface area contributed by atoms with Gasteiger partial charge in [0.25, 0.3) is 0 Å². The Labute approximate surface area is 76.7 Å². The fraction of sp³-hybridized carbons (Fsp3) is 0.500. The van der Waals surface area contributed by atoms with Gasteiger partial charge in [-0.25, -0.2) is 0 Å². The minimum atomic E-state index is 1.06. The van der Waals surface area contributed by atoms with Gasteiger partial charge >= 0.3 is 0 Å². The van der Waals surface area contributed by atoms with E-state index in [4.69, 9.17) is 0 Å². The van der Waals surface area contributed by atoms with Crippen LogP contribution in [-0.4, -0.2) is 0 Å². The number of hydrogen-bond donors (Lipinski definition) is 0. The highest BCUT2D eigenvalue weighted by molar-refractivity contribution is 5.40. The first kappa shape index (κ1) is 11.2. The molecule has 0 aromatic carbocycles. The fourth-order valence-electron chi connectivity index (χ4n) is 1.55. The second-order valence-corrected chi connectivity index (χ2v) is 3.22. The molecule has 12 heavy (non-hydrogen) atoms. The lowest BCUT2D eigenvalue weighted by Gasteiger charge is -2.12. The molecule has 68 valence electrons. The van der Waals surface area contributed by atoms with Gasteiger partial charge in [0.1, 0.15) is 0 Å². The second-order valence-electron chi connectivity index (χ2n) is 3.22. The van der Waals surface area contributed by atoms with E-state index < -0.39 is 0 Å². The van der Waals surface area contributed by atoms with Crippen LogP contribution in [0.25, 0.3) is 0 Å². The summed E-state index contributed by atoms with van der Waals surface area (Å²) in [5, 5.41) is 0. The SMILES string of the molecule is C=C(C)/C(CC)=C(/CC)C(=C)C. The highest BCUT2D eigenvalue weighted by atomic mass is 14.1. The molecule has 0 unspecified atom stereocenters. The summed E-state index contributed by atoms with van der Waals surface area (Å²) in [4.78, 5) is 0. The first-order chi connectivity index (χ1) is 5.54. The third-order valence-corrected chi connectivity index (χ3v) is 2.10. The van der Waals surface area contributed by atoms with Crippen LogP contribution in [0.15, 0.2) is 35.5 Å². The van der Waals surface area contributed by atoms with Gasteiger partial charge in [-0.3, -0.25) is 0 Å². The van der Waals surface area contributed by atoms with Crippen LogP contribution in [0.1, 0.15) is 40.5 Å². The van der Waals surface area contributed by atoms with E-state index in [1.54, 1.807) is 0 Å². The molecular formula is C12H20. The molecule has 0 atom stereocenters. The zero-order valence-electron chi connectivity index (χ0n) is 8.83. The molecule has 0 aliphatic heterocycles. The molecule has 0 N–H and O–H groups in total. The van der Waals surface area contributed by atoms with Crippen LogP contribution in [0.4, 0.5) is 0 Å². The van der Waals surface area contributed by atoms with E-state index in [1.807, 2.05) is 0 Å². The molecule has 0 bridgehead atoms. The molecule has 0 saturated carbocycles. The third kappa shape index (κ3) is 2.69. The molecular weight excluding hydrogens is 144 g/mol. The van der Waals surface area contributed by atoms with Gasteiger partial charge in [0, 0.05) is 0 Å². The molecule has 0 saturated heterocycles. The van der Waals surface area contributed by atoms with E-state index in [2.05, 4.69) is 40.9 Å². The van der Waals surface area contributed by atoms with Crippen molar-refractivity contribution in [3.8, 4) is 0 Å². The molecule has 0 aliphatic carbocycles. The molecule has 0 spiro atoms. The molecule has 0 heterocycles. The van der Waals surface area contributed by atoms with Gasteiger partial charge in [0.2, 0.25) is 0 Å². The highest BCUT2D eigenvalue weighted by Gasteiger charge is 2.04. The molecule has 0 radical (unpaired) electrons. The van der Waals surface area contributed by atoms with Crippen LogP contribution in [0.5, 0.6) is 0 Å². The standard InChI is InChI=1S/C12H20/c1-7-11(9(3)4)12(8-2)10(5)6/h3,5,7-8H2,1-2,4,6H3/b12-11-. The largest absolute Gasteiger partial charge is 0.0958 e. The van der Waals surface area contributed by atoms with Crippen molar-refractivity contribution in [2.75, 3.05) is 0 Å². The van der Waals surface area contributed by atoms with Gasteiger partial charge in [0.05, 0.1) is 0 Å². The van der Waals surface area contributed by atoms with Crippen LogP contribution in [0.3, 0.4) is 0 Å². The lowest BCUT2D eigenvalue weighted by Crippen LogP contribution is -1.92. The first-order valence-corrected chi connectivity index (χ1v) is 4.58. The van der Waals surface area contributed by atoms with Gasteiger partial charge in [-0.15, -0.1) is 0 Å². The monoisotopic (exact) mass is 164 g/mol. The van der Waals surface area contributed by atoms with Crippen LogP contribution >= 0.6 is 0 Å². The number of hydrogen-bond acceptors (Lipinski definition) is 0. The summed E-state index contributed by atoms with van der Waals surface area (Å²) in [6.07, 6.45) is 2.12. The van der Waals surface area contributed by atoms with Gasteiger partial charge in [-0.05, 0) is 37.8 Å². The van der Waals surface area contributed by atoms with Crippen LogP contribution in [-0.2, 0) is 0 Å². The van der Waals surface area contributed by atoms with E-state index >= 15 is 0 Å². The summed E-state index contributed by atoms with van der Waals surface area (Å²) < 4.78 is 0. The van der Waals surface area contributed by atoms with E-state index in [0.29, 0.717) is 0 Å². The maximum Gasteiger partial charge on any atom is -0.0302 e. The molecule has 0 amide bonds. The second kappa shape index (κ2) is 4.97. The predicted octanol–water partition coefficient (Wildman–Crippen LogP) is 4.26. The lowest BCUT2D eigenvalue weighted by molar-refractivity contribution is 1.00. The summed E-state index contributed by atoms with van der Waals surface area (Å²) in [6.45, 7) is 16.4. The minimum absolute atomic E-state index is 1.06. The molecule has 0 aromatic heterocycles. The van der Waals surface area contributed by atoms with Crippen LogP contribution in [0.2, 0.25) is 0 Å². The van der Waals surface area contributed by atoms with Crippen molar-refractivity contribution >= 4 is 0 Å². The highest BCUT2D eigenvalue weighted by Crippen LogP contribution is 2.23. The van der Waals surface area contributed by atoms with Crippen molar-refractivity contribution in [1.82, 2.24) is 0 Å². The zero-order chi connectivity index (χ0) is 9.72. The Kier molecular flexibility index (Phi) is 4.65. The molecule has 0 nitrogen and oxygen atoms in total. The van der Waals surface area contributed by atoms with E-state index in [-0.39, 0.29) is 0 Å². The average Bonchev–Trinajstić information content (AvgIpc) is 1.98. The van der Waals surface area contributed by atoms with Crippen molar-refractivity contribution in [1.29, 1.82) is 0 Å². The molecule has 0 fully saturated rings. The Balaban J connectivity index is 5.01. The van der Waals surface area contributed by atoms with Crippen LogP contribution < -0.4 is 0 Å².